The zero-order valence-corrected chi connectivity index (χ0v) is 28.2. The summed E-state index contributed by atoms with van der Waals surface area (Å²) in [5.41, 5.74) is 2.05. The maximum atomic E-state index is 13.2. The zero-order chi connectivity index (χ0) is 36.7. The second-order valence-electron chi connectivity index (χ2n) is 11.6. The van der Waals surface area contributed by atoms with E-state index < -0.39 is 76.8 Å². The van der Waals surface area contributed by atoms with Crippen LogP contribution in [0.4, 0.5) is 5.69 Å². The Morgan fingerprint density at radius 3 is 1.96 bits per heavy atom. The van der Waals surface area contributed by atoms with Crippen LogP contribution in [0.5, 0.6) is 0 Å². The van der Waals surface area contributed by atoms with Crippen LogP contribution in [0.25, 0.3) is 32.3 Å². The number of nitrogens with one attached hydrogen (secondary N) is 3. The molecule has 1 fully saturated rings. The summed E-state index contributed by atoms with van der Waals surface area (Å²) in [6.07, 6.45) is -0.0967. The lowest BCUT2D eigenvalue weighted by atomic mass is 9.93. The number of carboxylic acid groups (broad SMARTS) is 1. The van der Waals surface area contributed by atoms with Crippen LogP contribution in [0.1, 0.15) is 25.7 Å². The summed E-state index contributed by atoms with van der Waals surface area (Å²) in [6, 6.07) is 6.08. The number of rotatable bonds is 12. The Morgan fingerprint density at radius 1 is 0.900 bits per heavy atom. The lowest BCUT2D eigenvalue weighted by Crippen LogP contribution is -2.52. The van der Waals surface area contributed by atoms with Gasteiger partial charge in [-0.25, -0.2) is 10.1 Å². The van der Waals surface area contributed by atoms with E-state index in [1.54, 1.807) is 0 Å². The number of hydrogen-bond donors (Lipinski definition) is 8. The van der Waals surface area contributed by atoms with E-state index in [1.165, 1.54) is 35.2 Å². The van der Waals surface area contributed by atoms with Gasteiger partial charge in [-0.05, 0) is 31.4 Å². The molecule has 1 aliphatic heterocycles. The van der Waals surface area contributed by atoms with Crippen LogP contribution in [0.15, 0.2) is 51.1 Å². The quantitative estimate of drug-likeness (QED) is 0.0246. The Hall–Kier alpha value is -4.51. The molecule has 4 aromatic rings. The molecule has 50 heavy (non-hydrogen) atoms. The van der Waals surface area contributed by atoms with E-state index in [1.807, 2.05) is 5.43 Å². The lowest BCUT2D eigenvalue weighted by Gasteiger charge is -2.32. The summed E-state index contributed by atoms with van der Waals surface area (Å²) in [4.78, 5) is 48.7. The van der Waals surface area contributed by atoms with E-state index in [-0.39, 0.29) is 82.8 Å². The Morgan fingerprint density at radius 2 is 1.44 bits per heavy atom. The molecule has 268 valence electrons. The fourth-order valence-electron chi connectivity index (χ4n) is 6.22. The third-order valence-electron chi connectivity index (χ3n) is 8.60. The van der Waals surface area contributed by atoms with Gasteiger partial charge in [-0.15, -0.1) is 0 Å². The number of hydrazine groups is 1. The fourth-order valence-corrected chi connectivity index (χ4v) is 8.30. The molecular weight excluding hydrogens is 723 g/mol. The number of benzene rings is 4. The molecule has 1 aliphatic rings. The number of piperidine rings is 1. The van der Waals surface area contributed by atoms with Crippen molar-refractivity contribution < 1.29 is 59.0 Å². The molecule has 9 N–H and O–H groups in total. The third-order valence-corrected chi connectivity index (χ3v) is 11.1. The van der Waals surface area contributed by atoms with E-state index >= 15 is 0 Å². The van der Waals surface area contributed by atoms with Crippen molar-refractivity contribution in [2.75, 3.05) is 25.0 Å². The highest BCUT2D eigenvalue weighted by atomic mass is 32.2. The Kier molecular flexibility index (Phi) is 10.3. The molecule has 5 rings (SSSR count). The molecule has 4 aromatic carbocycles. The number of nitrogens with zero attached hydrogens (tertiary/aromatic N) is 1. The number of carbonyl (C=O) groups is 4. The minimum atomic E-state index is -5.03. The minimum Gasteiger partial charge on any atom is -0.481 e. The third kappa shape index (κ3) is 7.33. The topological polar surface area (TPSA) is 300 Å². The number of hydrogen-bond acceptors (Lipinski definition) is 11. The van der Waals surface area contributed by atoms with Crippen molar-refractivity contribution in [3.8, 4) is 0 Å². The molecule has 0 aliphatic carbocycles. The average molecular weight is 754 g/mol. The number of carbonyl (C=O) groups excluding carboxylic acids is 3. The lowest BCUT2D eigenvalue weighted by molar-refractivity contribution is -0.138. The van der Waals surface area contributed by atoms with Crippen molar-refractivity contribution in [2.24, 2.45) is 11.8 Å². The summed E-state index contributed by atoms with van der Waals surface area (Å²) in [7, 11) is -10.1. The van der Waals surface area contributed by atoms with E-state index in [4.69, 9.17) is 10.9 Å². The van der Waals surface area contributed by atoms with E-state index in [0.29, 0.717) is 11.5 Å². The van der Waals surface area contributed by atoms with Crippen LogP contribution in [-0.4, -0.2) is 94.1 Å². The Balaban J connectivity index is 1.41. The zero-order valence-electron chi connectivity index (χ0n) is 25.8. The number of amides is 3. The van der Waals surface area contributed by atoms with Crippen molar-refractivity contribution >= 4 is 93.0 Å². The van der Waals surface area contributed by atoms with Crippen molar-refractivity contribution in [1.82, 2.24) is 15.6 Å². The Labute approximate surface area is 286 Å². The van der Waals surface area contributed by atoms with Gasteiger partial charge in [0.2, 0.25) is 11.8 Å². The van der Waals surface area contributed by atoms with Crippen LogP contribution in [-0.2, 0) is 50.5 Å². The van der Waals surface area contributed by atoms with Crippen LogP contribution in [0.2, 0.25) is 0 Å². The normalized spacial score (nSPS) is 15.6. The van der Waals surface area contributed by atoms with Crippen molar-refractivity contribution in [2.45, 2.75) is 46.4 Å². The molecule has 2 atom stereocenters. The van der Waals surface area contributed by atoms with E-state index in [2.05, 4.69) is 10.6 Å². The maximum Gasteiger partial charge on any atom is 0.303 e. The fraction of sp³-hybridized carbons (Fsp3) is 0.310. The van der Waals surface area contributed by atoms with Crippen molar-refractivity contribution in [1.29, 1.82) is 0 Å². The first kappa shape index (κ1) is 36.8. The molecule has 0 aromatic heterocycles. The van der Waals surface area contributed by atoms with Gasteiger partial charge in [-0.3, -0.25) is 33.7 Å². The molecule has 0 spiro atoms. The van der Waals surface area contributed by atoms with Gasteiger partial charge in [0.25, 0.3) is 26.1 Å². The molecule has 0 bridgehead atoms. The highest BCUT2D eigenvalue weighted by Gasteiger charge is 2.31. The molecule has 3 amide bonds. The van der Waals surface area contributed by atoms with Gasteiger partial charge in [0.05, 0.1) is 11.4 Å². The van der Waals surface area contributed by atoms with Gasteiger partial charge >= 0.3 is 5.97 Å². The molecule has 2 unspecified atom stereocenters. The molecular formula is C29H31N5O13S3. The monoisotopic (exact) mass is 753 g/mol. The number of nitrogens with two attached hydrogens (primary N) is 1. The van der Waals surface area contributed by atoms with Gasteiger partial charge in [0, 0.05) is 63.4 Å². The minimum absolute atomic E-state index is 0.0427. The molecule has 1 saturated heterocycles. The van der Waals surface area contributed by atoms with Gasteiger partial charge < -0.3 is 25.2 Å². The first-order valence-electron chi connectivity index (χ1n) is 14.8. The van der Waals surface area contributed by atoms with Crippen LogP contribution >= 0.6 is 0 Å². The molecule has 0 saturated carbocycles. The molecule has 0 radical (unpaired) electrons. The van der Waals surface area contributed by atoms with Crippen LogP contribution in [0, 0.1) is 5.92 Å². The summed E-state index contributed by atoms with van der Waals surface area (Å²) in [5, 5.41) is 14.6. The number of anilines is 1. The van der Waals surface area contributed by atoms with Crippen LogP contribution in [0.3, 0.4) is 0 Å². The van der Waals surface area contributed by atoms with E-state index in [9.17, 15) is 53.9 Å². The molecule has 18 nitrogen and oxygen atoms in total. The maximum absolute atomic E-state index is 13.2. The second-order valence-corrected chi connectivity index (χ2v) is 15.3. The first-order valence-corrected chi connectivity index (χ1v) is 18.8. The largest absolute Gasteiger partial charge is 0.481 e. The first-order chi connectivity index (χ1) is 23.4. The van der Waals surface area contributed by atoms with Crippen molar-refractivity contribution in [3.05, 3.63) is 36.4 Å². The summed E-state index contributed by atoms with van der Waals surface area (Å²) >= 11 is -2.63. The summed E-state index contributed by atoms with van der Waals surface area (Å²) < 4.78 is 91.6. The molecule has 21 heteroatoms. The highest BCUT2D eigenvalue weighted by Crippen LogP contribution is 2.44. The predicted molar refractivity (Wildman–Crippen MR) is 178 cm³/mol. The van der Waals surface area contributed by atoms with Gasteiger partial charge in [0.15, 0.2) is 11.1 Å². The second kappa shape index (κ2) is 14.0. The summed E-state index contributed by atoms with van der Waals surface area (Å²) in [5.74, 6) is 1.75. The number of likely N-dealkylation sites (tertiary alicyclic amines) is 1. The van der Waals surface area contributed by atoms with Gasteiger partial charge in [-0.2, -0.15) is 16.8 Å². The SMILES string of the molecule is NNC(=O)C(CCC(=O)O)NC(=O)C1CCN(C(=O)CNc2cc(S(=O)O)c3ccc4c(S(=O)(=O)O)cc(S(=O)(=O)O)c5ccc2c3c54)CC1. The van der Waals surface area contributed by atoms with Gasteiger partial charge in [-0.1, -0.05) is 24.3 Å². The highest BCUT2D eigenvalue weighted by molar-refractivity contribution is 7.87. The summed E-state index contributed by atoms with van der Waals surface area (Å²) in [6.45, 7) is -0.0236. The predicted octanol–water partition coefficient (Wildman–Crippen LogP) is 0.648. The number of aliphatic carboxylic acids is 1. The number of carboxylic acids is 1. The van der Waals surface area contributed by atoms with E-state index in [0.717, 1.165) is 0 Å². The standard InChI is InChI=1S/C29H31N5O13S3/c30-33-29(39)19(5-6-25(36)37)32-28(38)14-7-9-34(10-8-14)24(35)13-31-20-11-21(48(40)41)16-2-4-18-23(50(45,46)47)12-22(49(42,43)44)17-3-1-15(20)26(16)27(17)18/h1-4,11-12,14,19,31H,5-10,13,30H2,(H,32,38)(H,33,39)(H,36,37)(H,40,41)(H,42,43,44)(H,45,46,47). The van der Waals surface area contributed by atoms with Crippen molar-refractivity contribution in [3.63, 3.8) is 0 Å². The van der Waals surface area contributed by atoms with Gasteiger partial charge in [0.1, 0.15) is 15.8 Å². The van der Waals surface area contributed by atoms with Crippen LogP contribution < -0.4 is 21.9 Å². The smallest absolute Gasteiger partial charge is 0.303 e. The Bertz CT molecular complexity index is 2240. The molecule has 1 heterocycles. The average Bonchev–Trinajstić information content (AvgIpc) is 3.06.